The molecule has 0 bridgehead atoms. The van der Waals surface area contributed by atoms with Crippen LogP contribution in [0.1, 0.15) is 29.9 Å². The topological polar surface area (TPSA) is 131 Å². The minimum atomic E-state index is -2.05. The second-order valence-corrected chi connectivity index (χ2v) is 12.2. The molecule has 3 fully saturated rings. The maximum absolute atomic E-state index is 13.7. The van der Waals surface area contributed by atoms with E-state index in [1.807, 2.05) is 30.3 Å². The Hall–Kier alpha value is -3.89. The van der Waals surface area contributed by atoms with Crippen molar-refractivity contribution in [2.24, 2.45) is 17.8 Å². The van der Waals surface area contributed by atoms with Gasteiger partial charge in [-0.05, 0) is 30.4 Å². The number of methoxy groups -OCH3 is 1. The first-order valence-corrected chi connectivity index (χ1v) is 14.1. The van der Waals surface area contributed by atoms with E-state index >= 15 is 0 Å². The lowest BCUT2D eigenvalue weighted by molar-refractivity contribution is -0.139. The number of imide groups is 4. The number of hydrogen-bond acceptors (Lipinski definition) is 8. The second kappa shape index (κ2) is 9.84. The minimum absolute atomic E-state index is 0.0737. The van der Waals surface area contributed by atoms with Crippen molar-refractivity contribution in [1.82, 2.24) is 9.80 Å². The van der Waals surface area contributed by atoms with Gasteiger partial charge in [-0.1, -0.05) is 48.0 Å². The number of carbonyl (C=O) groups excluding carboxylic acids is 5. The van der Waals surface area contributed by atoms with Gasteiger partial charge in [0, 0.05) is 24.6 Å². The molecule has 2 aromatic rings. The van der Waals surface area contributed by atoms with Gasteiger partial charge in [-0.2, -0.15) is 4.90 Å². The average Bonchev–Trinajstić information content (AvgIpc) is 3.31. The van der Waals surface area contributed by atoms with E-state index in [4.69, 9.17) is 27.9 Å². The highest BCUT2D eigenvalue weighted by Gasteiger charge is 2.76. The molecule has 2 aliphatic heterocycles. The summed E-state index contributed by atoms with van der Waals surface area (Å²) < 4.78 is 10.5. The minimum Gasteiger partial charge on any atom is -0.508 e. The molecule has 4 aliphatic rings. The number of amides is 5. The highest BCUT2D eigenvalue weighted by Crippen LogP contribution is 2.66. The monoisotopic (exact) mass is 612 g/mol. The Morgan fingerprint density at radius 3 is 2.40 bits per heavy atom. The number of halogens is 2. The molecule has 5 amide bonds. The Morgan fingerprint density at radius 2 is 1.74 bits per heavy atom. The van der Waals surface area contributed by atoms with Crippen molar-refractivity contribution in [3.05, 3.63) is 71.3 Å². The van der Waals surface area contributed by atoms with Crippen molar-refractivity contribution in [2.75, 3.05) is 14.2 Å². The van der Waals surface area contributed by atoms with Crippen LogP contribution in [-0.2, 0) is 30.5 Å². The van der Waals surface area contributed by atoms with Gasteiger partial charge < -0.3 is 14.6 Å². The summed E-state index contributed by atoms with van der Waals surface area (Å²) in [5, 5.41) is 11.3. The molecule has 0 aromatic heterocycles. The van der Waals surface area contributed by atoms with E-state index in [1.54, 1.807) is 18.2 Å². The maximum Gasteiger partial charge on any atom is 0.423 e. The molecule has 0 spiro atoms. The fourth-order valence-electron chi connectivity index (χ4n) is 6.96. The zero-order valence-corrected chi connectivity index (χ0v) is 24.1. The number of ether oxygens (including phenoxy) is 2. The van der Waals surface area contributed by atoms with E-state index < -0.39 is 63.1 Å². The van der Waals surface area contributed by atoms with Gasteiger partial charge in [-0.15, -0.1) is 23.2 Å². The Balaban J connectivity index is 1.44. The third-order valence-corrected chi connectivity index (χ3v) is 10.3. The number of rotatable bonds is 4. The Bertz CT molecular complexity index is 1580. The van der Waals surface area contributed by atoms with E-state index in [9.17, 15) is 29.1 Å². The van der Waals surface area contributed by atoms with Gasteiger partial charge in [0.15, 0.2) is 9.75 Å². The standard InChI is InChI=1S/C30H26Cl2N2O8/c1-33-26(38)29(31)13-20-17(10-11-19-22(20)25(37)34(24(19)36)28(40)41-2)23(30(29,32)27(33)39)18-9-8-16(12-21(18)35)42-14-15-6-4-3-5-7-15/h3-10,12,19-20,22-23,35H,11,13-14H2,1-2H3/t19-,20+,22-,23+,29+,30-/m0/s1. The summed E-state index contributed by atoms with van der Waals surface area (Å²) in [6.45, 7) is 0.244. The van der Waals surface area contributed by atoms with Crippen LogP contribution in [0.15, 0.2) is 60.2 Å². The van der Waals surface area contributed by atoms with E-state index in [0.29, 0.717) is 16.2 Å². The number of alkyl halides is 2. The van der Waals surface area contributed by atoms with Gasteiger partial charge in [0.2, 0.25) is 11.8 Å². The largest absolute Gasteiger partial charge is 0.508 e. The summed E-state index contributed by atoms with van der Waals surface area (Å²) >= 11 is 14.2. The highest BCUT2D eigenvalue weighted by molar-refractivity contribution is 6.53. The van der Waals surface area contributed by atoms with Gasteiger partial charge in [0.05, 0.1) is 18.9 Å². The van der Waals surface area contributed by atoms with E-state index in [2.05, 4.69) is 4.74 Å². The smallest absolute Gasteiger partial charge is 0.423 e. The molecule has 10 nitrogen and oxygen atoms in total. The zero-order valence-electron chi connectivity index (χ0n) is 22.6. The first-order chi connectivity index (χ1) is 20.0. The third-order valence-electron chi connectivity index (χ3n) is 8.93. The maximum atomic E-state index is 13.7. The zero-order chi connectivity index (χ0) is 30.1. The Kier molecular flexibility index (Phi) is 6.62. The number of aromatic hydroxyl groups is 1. The Labute approximate surface area is 250 Å². The fraction of sp³-hybridized carbons (Fsp3) is 0.367. The average molecular weight is 613 g/mol. The number of likely N-dealkylation sites (tertiary alicyclic amines) is 2. The summed E-state index contributed by atoms with van der Waals surface area (Å²) in [6, 6.07) is 14.0. The first kappa shape index (κ1) is 28.2. The fourth-order valence-corrected chi connectivity index (χ4v) is 7.97. The molecule has 6 atom stereocenters. The number of phenols is 1. The van der Waals surface area contributed by atoms with Crippen LogP contribution in [0.4, 0.5) is 4.79 Å². The predicted octanol–water partition coefficient (Wildman–Crippen LogP) is 3.73. The van der Waals surface area contributed by atoms with Crippen molar-refractivity contribution in [3.63, 3.8) is 0 Å². The number of hydrogen-bond donors (Lipinski definition) is 1. The molecule has 42 heavy (non-hydrogen) atoms. The molecule has 0 unspecified atom stereocenters. The lowest BCUT2D eigenvalue weighted by Crippen LogP contribution is -2.60. The summed E-state index contributed by atoms with van der Waals surface area (Å²) in [4.78, 5) is 63.4. The molecule has 218 valence electrons. The van der Waals surface area contributed by atoms with Crippen LogP contribution >= 0.6 is 23.2 Å². The SMILES string of the molecule is COC(=O)N1C(=O)[C@H]2[C@H](CC=C3[C@H]2C[C@@]2(Cl)C(=O)N(C)C(=O)[C@@]2(Cl)[C@H]3c2ccc(OCc3ccccc3)cc2O)C1=O. The molecule has 2 aliphatic carbocycles. The van der Waals surface area contributed by atoms with Gasteiger partial charge in [-0.3, -0.25) is 24.1 Å². The van der Waals surface area contributed by atoms with Crippen LogP contribution in [0.2, 0.25) is 0 Å². The van der Waals surface area contributed by atoms with Gasteiger partial charge in [-0.25, -0.2) is 4.79 Å². The third kappa shape index (κ3) is 3.74. The van der Waals surface area contributed by atoms with Crippen molar-refractivity contribution in [3.8, 4) is 11.5 Å². The van der Waals surface area contributed by atoms with Crippen molar-refractivity contribution < 1.29 is 38.6 Å². The van der Waals surface area contributed by atoms with Gasteiger partial charge in [0.1, 0.15) is 18.1 Å². The van der Waals surface area contributed by atoms with Crippen molar-refractivity contribution >= 4 is 52.9 Å². The lowest BCUT2D eigenvalue weighted by atomic mass is 9.56. The van der Waals surface area contributed by atoms with Crippen LogP contribution in [-0.4, -0.2) is 68.5 Å². The summed E-state index contributed by atoms with van der Waals surface area (Å²) in [7, 11) is 2.34. The molecule has 2 saturated heterocycles. The van der Waals surface area contributed by atoms with Crippen LogP contribution < -0.4 is 4.74 Å². The van der Waals surface area contributed by atoms with Crippen LogP contribution in [0.3, 0.4) is 0 Å². The number of carbonyl (C=O) groups is 5. The number of allylic oxidation sites excluding steroid dienone is 2. The van der Waals surface area contributed by atoms with E-state index in [0.717, 1.165) is 17.6 Å². The number of nitrogens with zero attached hydrogens (tertiary/aromatic N) is 2. The molecule has 2 aromatic carbocycles. The summed E-state index contributed by atoms with van der Waals surface area (Å²) in [6.07, 6.45) is 0.447. The molecule has 1 N–H and O–H groups in total. The molecule has 1 saturated carbocycles. The van der Waals surface area contributed by atoms with Crippen LogP contribution in [0.25, 0.3) is 0 Å². The number of phenolic OH excluding ortho intramolecular Hbond substituents is 1. The molecule has 2 heterocycles. The normalized spacial score (nSPS) is 31.9. The number of fused-ring (bicyclic) bond motifs is 4. The first-order valence-electron chi connectivity index (χ1n) is 13.3. The number of benzene rings is 2. The molecule has 12 heteroatoms. The van der Waals surface area contributed by atoms with Gasteiger partial charge >= 0.3 is 6.09 Å². The summed E-state index contributed by atoms with van der Waals surface area (Å²) in [5.41, 5.74) is 1.61. The molecule has 6 rings (SSSR count). The van der Waals surface area contributed by atoms with Crippen LogP contribution in [0.5, 0.6) is 11.5 Å². The van der Waals surface area contributed by atoms with Crippen molar-refractivity contribution in [2.45, 2.75) is 35.1 Å². The highest BCUT2D eigenvalue weighted by atomic mass is 35.5. The molecular formula is C30H26Cl2N2O8. The quantitative estimate of drug-likeness (QED) is 0.314. The Morgan fingerprint density at radius 1 is 1.02 bits per heavy atom. The molecule has 0 radical (unpaired) electrons. The van der Waals surface area contributed by atoms with E-state index in [1.165, 1.54) is 13.1 Å². The lowest BCUT2D eigenvalue weighted by Gasteiger charge is -2.50. The van der Waals surface area contributed by atoms with Crippen LogP contribution in [0, 0.1) is 17.8 Å². The van der Waals surface area contributed by atoms with Gasteiger partial charge in [0.25, 0.3) is 11.8 Å². The molecular weight excluding hydrogens is 587 g/mol. The van der Waals surface area contributed by atoms with Crippen molar-refractivity contribution in [1.29, 1.82) is 0 Å². The van der Waals surface area contributed by atoms with E-state index in [-0.39, 0.29) is 30.8 Å². The second-order valence-electron chi connectivity index (χ2n) is 11.0. The summed E-state index contributed by atoms with van der Waals surface area (Å²) in [5.74, 6) is -6.78. The predicted molar refractivity (Wildman–Crippen MR) is 149 cm³/mol.